The molecule has 0 aliphatic carbocycles. The second kappa shape index (κ2) is 6.03. The summed E-state index contributed by atoms with van der Waals surface area (Å²) in [7, 11) is 0. The smallest absolute Gasteiger partial charge is 0.0747 e. The third-order valence-electron chi connectivity index (χ3n) is 2.74. The maximum absolute atomic E-state index is 5.69. The number of hydrogen-bond donors (Lipinski definition) is 1. The Morgan fingerprint density at radius 2 is 2.00 bits per heavy atom. The van der Waals surface area contributed by atoms with Crippen molar-refractivity contribution in [2.75, 3.05) is 18.5 Å². The van der Waals surface area contributed by atoms with Crippen LogP contribution in [-0.2, 0) is 4.74 Å². The van der Waals surface area contributed by atoms with Crippen molar-refractivity contribution in [3.05, 3.63) is 27.1 Å². The van der Waals surface area contributed by atoms with Crippen molar-refractivity contribution in [2.24, 2.45) is 0 Å². The van der Waals surface area contributed by atoms with Crippen LogP contribution in [0.3, 0.4) is 0 Å². The molecule has 1 N–H and O–H groups in total. The van der Waals surface area contributed by atoms with Crippen molar-refractivity contribution >= 4 is 37.5 Å². The van der Waals surface area contributed by atoms with Crippen molar-refractivity contribution in [3.63, 3.8) is 0 Å². The molecule has 4 heteroatoms. The third-order valence-corrected chi connectivity index (χ3v) is 4.06. The average molecular weight is 349 g/mol. The van der Waals surface area contributed by atoms with Crippen molar-refractivity contribution in [1.29, 1.82) is 0 Å². The van der Waals surface area contributed by atoms with Crippen LogP contribution in [0.2, 0.25) is 0 Å². The second-order valence-corrected chi connectivity index (χ2v) is 5.67. The van der Waals surface area contributed by atoms with Crippen LogP contribution in [-0.4, -0.2) is 19.3 Å². The Bertz CT molecular complexity index is 331. The number of para-hydroxylation sites is 1. The maximum atomic E-state index is 5.69. The second-order valence-electron chi connectivity index (χ2n) is 3.97. The molecule has 88 valence electrons. The molecule has 0 bridgehead atoms. The first-order valence-corrected chi connectivity index (χ1v) is 7.15. The van der Waals surface area contributed by atoms with E-state index in [9.17, 15) is 0 Å². The molecule has 16 heavy (non-hydrogen) atoms. The number of rotatable bonds is 3. The van der Waals surface area contributed by atoms with Crippen molar-refractivity contribution in [1.82, 2.24) is 0 Å². The topological polar surface area (TPSA) is 21.3 Å². The van der Waals surface area contributed by atoms with Gasteiger partial charge in [-0.1, -0.05) is 6.07 Å². The Labute approximate surface area is 113 Å². The zero-order valence-corrected chi connectivity index (χ0v) is 12.2. The molecule has 1 saturated heterocycles. The van der Waals surface area contributed by atoms with E-state index in [1.165, 1.54) is 12.8 Å². The molecule has 1 unspecified atom stereocenters. The van der Waals surface area contributed by atoms with Gasteiger partial charge in [-0.2, -0.15) is 0 Å². The summed E-state index contributed by atoms with van der Waals surface area (Å²) in [5.41, 5.74) is 1.11. The van der Waals surface area contributed by atoms with E-state index in [1.54, 1.807) is 0 Å². The summed E-state index contributed by atoms with van der Waals surface area (Å²) < 4.78 is 7.85. The zero-order valence-electron chi connectivity index (χ0n) is 9.01. The molecule has 0 aromatic heterocycles. The molecule has 0 spiro atoms. The van der Waals surface area contributed by atoms with Crippen LogP contribution in [0.15, 0.2) is 27.1 Å². The lowest BCUT2D eigenvalue weighted by atomic mass is 10.1. The van der Waals surface area contributed by atoms with Crippen molar-refractivity contribution < 1.29 is 4.74 Å². The third kappa shape index (κ3) is 3.22. The van der Waals surface area contributed by atoms with Crippen LogP contribution in [0.1, 0.15) is 19.3 Å². The fourth-order valence-corrected chi connectivity index (χ4v) is 3.13. The molecular weight excluding hydrogens is 334 g/mol. The van der Waals surface area contributed by atoms with Crippen molar-refractivity contribution in [2.45, 2.75) is 25.4 Å². The Balaban J connectivity index is 1.93. The van der Waals surface area contributed by atoms with E-state index < -0.39 is 0 Å². The van der Waals surface area contributed by atoms with Crippen LogP contribution >= 0.6 is 31.9 Å². The SMILES string of the molecule is Brc1cccc(Br)c1NCC1CCCCO1. The normalized spacial score (nSPS) is 20.8. The number of anilines is 1. The lowest BCUT2D eigenvalue weighted by molar-refractivity contribution is 0.0247. The van der Waals surface area contributed by atoms with Gasteiger partial charge in [0.25, 0.3) is 0 Å². The molecule has 1 heterocycles. The summed E-state index contributed by atoms with van der Waals surface area (Å²) in [5, 5.41) is 3.43. The molecule has 1 fully saturated rings. The standard InChI is InChI=1S/C12H15Br2NO/c13-10-5-3-6-11(14)12(10)15-8-9-4-1-2-7-16-9/h3,5-6,9,15H,1-2,4,7-8H2. The molecule has 1 atom stereocenters. The van der Waals surface area contributed by atoms with Gasteiger partial charge in [0.15, 0.2) is 0 Å². The molecule has 2 nitrogen and oxygen atoms in total. The number of benzene rings is 1. The van der Waals surface area contributed by atoms with Gasteiger partial charge in [-0.05, 0) is 63.3 Å². The van der Waals surface area contributed by atoms with Gasteiger partial charge in [0.1, 0.15) is 0 Å². The molecule has 2 rings (SSSR count). The highest BCUT2D eigenvalue weighted by molar-refractivity contribution is 9.11. The van der Waals surface area contributed by atoms with Crippen LogP contribution in [0.25, 0.3) is 0 Å². The van der Waals surface area contributed by atoms with Gasteiger partial charge in [0, 0.05) is 22.1 Å². The molecule has 1 aromatic carbocycles. The number of halogens is 2. The Hall–Kier alpha value is -0.0600. The Kier molecular flexibility index (Phi) is 4.67. The molecule has 0 amide bonds. The predicted octanol–water partition coefficient (Wildman–Crippen LogP) is 4.19. The highest BCUT2D eigenvalue weighted by Crippen LogP contribution is 2.30. The minimum atomic E-state index is 0.354. The first kappa shape index (κ1) is 12.4. The predicted molar refractivity (Wildman–Crippen MR) is 73.9 cm³/mol. The van der Waals surface area contributed by atoms with Gasteiger partial charge in [-0.15, -0.1) is 0 Å². The van der Waals surface area contributed by atoms with Gasteiger partial charge in [0.05, 0.1) is 11.8 Å². The number of ether oxygens (including phenoxy) is 1. The Morgan fingerprint density at radius 1 is 1.25 bits per heavy atom. The largest absolute Gasteiger partial charge is 0.381 e. The molecule has 0 saturated carbocycles. The summed E-state index contributed by atoms with van der Waals surface area (Å²) in [5.74, 6) is 0. The summed E-state index contributed by atoms with van der Waals surface area (Å²) in [6, 6.07) is 6.08. The van der Waals surface area contributed by atoms with Gasteiger partial charge in [-0.25, -0.2) is 0 Å². The minimum absolute atomic E-state index is 0.354. The van der Waals surface area contributed by atoms with E-state index in [-0.39, 0.29) is 0 Å². The summed E-state index contributed by atoms with van der Waals surface area (Å²) >= 11 is 7.08. The fourth-order valence-electron chi connectivity index (χ4n) is 1.85. The highest BCUT2D eigenvalue weighted by Gasteiger charge is 2.14. The fraction of sp³-hybridized carbons (Fsp3) is 0.500. The Morgan fingerprint density at radius 3 is 2.62 bits per heavy atom. The van der Waals surface area contributed by atoms with E-state index in [4.69, 9.17) is 4.74 Å². The molecular formula is C12H15Br2NO. The summed E-state index contributed by atoms with van der Waals surface area (Å²) in [4.78, 5) is 0. The lowest BCUT2D eigenvalue weighted by Crippen LogP contribution is -2.27. The van der Waals surface area contributed by atoms with E-state index in [0.717, 1.165) is 34.2 Å². The van der Waals surface area contributed by atoms with E-state index >= 15 is 0 Å². The molecule has 0 radical (unpaired) electrons. The number of hydrogen-bond acceptors (Lipinski definition) is 2. The van der Waals surface area contributed by atoms with E-state index in [0.29, 0.717) is 6.10 Å². The first-order chi connectivity index (χ1) is 7.77. The zero-order chi connectivity index (χ0) is 11.4. The molecule has 1 aliphatic rings. The highest BCUT2D eigenvalue weighted by atomic mass is 79.9. The maximum Gasteiger partial charge on any atom is 0.0747 e. The van der Waals surface area contributed by atoms with Gasteiger partial charge in [0.2, 0.25) is 0 Å². The van der Waals surface area contributed by atoms with Crippen LogP contribution in [0.5, 0.6) is 0 Å². The molecule has 1 aliphatic heterocycles. The van der Waals surface area contributed by atoms with Gasteiger partial charge in [-0.3, -0.25) is 0 Å². The minimum Gasteiger partial charge on any atom is -0.381 e. The van der Waals surface area contributed by atoms with E-state index in [1.807, 2.05) is 18.2 Å². The number of nitrogens with one attached hydrogen (secondary N) is 1. The first-order valence-electron chi connectivity index (χ1n) is 5.57. The van der Waals surface area contributed by atoms with Gasteiger partial charge >= 0.3 is 0 Å². The van der Waals surface area contributed by atoms with Crippen LogP contribution < -0.4 is 5.32 Å². The van der Waals surface area contributed by atoms with Gasteiger partial charge < -0.3 is 10.1 Å². The van der Waals surface area contributed by atoms with Crippen molar-refractivity contribution in [3.8, 4) is 0 Å². The summed E-state index contributed by atoms with van der Waals surface area (Å²) in [6.07, 6.45) is 4.00. The quantitative estimate of drug-likeness (QED) is 0.884. The summed E-state index contributed by atoms with van der Waals surface area (Å²) in [6.45, 7) is 1.78. The average Bonchev–Trinajstić information content (AvgIpc) is 2.30. The van der Waals surface area contributed by atoms with Crippen LogP contribution in [0, 0.1) is 0 Å². The monoisotopic (exact) mass is 347 g/mol. The van der Waals surface area contributed by atoms with Crippen LogP contribution in [0.4, 0.5) is 5.69 Å². The van der Waals surface area contributed by atoms with E-state index in [2.05, 4.69) is 37.2 Å². The lowest BCUT2D eigenvalue weighted by Gasteiger charge is -2.23. The molecule has 1 aromatic rings.